The molecule has 1 heterocycles. The smallest absolute Gasteiger partial charge is 0.338 e. The molecule has 5 rings (SSSR count). The van der Waals surface area contributed by atoms with Crippen LogP contribution in [0.1, 0.15) is 36.6 Å². The number of rotatable bonds is 7. The predicted molar refractivity (Wildman–Crippen MR) is 171 cm³/mol. The van der Waals surface area contributed by atoms with E-state index in [1.165, 1.54) is 24.3 Å². The fourth-order valence-corrected chi connectivity index (χ4v) is 5.75. The van der Waals surface area contributed by atoms with E-state index in [2.05, 4.69) is 79.7 Å². The maximum Gasteiger partial charge on any atom is 0.338 e. The summed E-state index contributed by atoms with van der Waals surface area (Å²) in [6, 6.07) is 28.0. The summed E-state index contributed by atoms with van der Waals surface area (Å²) in [5.41, 5.74) is 4.52. The highest BCUT2D eigenvalue weighted by Gasteiger charge is 2.41. The van der Waals surface area contributed by atoms with Crippen LogP contribution in [0, 0.1) is 18.8 Å². The second kappa shape index (κ2) is 12.7. The minimum absolute atomic E-state index is 0.211. The van der Waals surface area contributed by atoms with E-state index in [1.807, 2.05) is 24.3 Å². The maximum atomic E-state index is 14.1. The molecule has 0 saturated heterocycles. The van der Waals surface area contributed by atoms with Crippen LogP contribution in [-0.2, 0) is 9.53 Å². The summed E-state index contributed by atoms with van der Waals surface area (Å²) in [4.78, 5) is 15.9. The topological polar surface area (TPSA) is 41.6 Å². The number of carbonyl (C=O) groups excluding carboxylic acids is 1. The monoisotopic (exact) mass is 762 g/mol. The Morgan fingerprint density at radius 3 is 1.90 bits per heavy atom. The lowest BCUT2D eigenvalue weighted by Crippen LogP contribution is -2.41. The zero-order chi connectivity index (χ0) is 28.2. The first kappa shape index (κ1) is 28.5. The zero-order valence-electron chi connectivity index (χ0n) is 21.6. The van der Waals surface area contributed by atoms with Crippen LogP contribution in [0.25, 0.3) is 0 Å². The van der Waals surface area contributed by atoms with Crippen LogP contribution < -0.4 is 10.2 Å². The fraction of sp³-hybridized carbons (Fsp3) is 0.156. The number of benzene rings is 4. The Morgan fingerprint density at radius 1 is 0.825 bits per heavy atom. The highest BCUT2D eigenvalue weighted by Crippen LogP contribution is 2.48. The Hall–Kier alpha value is -2.99. The van der Waals surface area contributed by atoms with Gasteiger partial charge >= 0.3 is 5.97 Å². The molecular weight excluding hydrogens is 736 g/mol. The van der Waals surface area contributed by atoms with Crippen molar-refractivity contribution in [2.24, 2.45) is 0 Å². The number of hydrogen-bond acceptors (Lipinski definition) is 4. The molecule has 2 unspecified atom stereocenters. The quantitative estimate of drug-likeness (QED) is 0.151. The zero-order valence-corrected chi connectivity index (χ0v) is 25.9. The number of esters is 1. The molecule has 4 aromatic rings. The molecule has 0 bridgehead atoms. The average molecular weight is 762 g/mol. The van der Waals surface area contributed by atoms with E-state index in [1.54, 1.807) is 31.2 Å². The molecule has 0 fully saturated rings. The Bertz CT molecular complexity index is 1510. The van der Waals surface area contributed by atoms with Crippen LogP contribution in [0.2, 0.25) is 0 Å². The molecule has 2 atom stereocenters. The van der Waals surface area contributed by atoms with Crippen molar-refractivity contribution < 1.29 is 18.3 Å². The van der Waals surface area contributed by atoms with Gasteiger partial charge in [-0.05, 0) is 136 Å². The molecule has 1 aliphatic rings. The van der Waals surface area contributed by atoms with Crippen molar-refractivity contribution in [2.45, 2.75) is 25.4 Å². The first-order valence-corrected chi connectivity index (χ1v) is 15.0. The number of nitrogens with one attached hydrogen (secondary N) is 1. The van der Waals surface area contributed by atoms with Gasteiger partial charge in [0.15, 0.2) is 0 Å². The highest BCUT2D eigenvalue weighted by atomic mass is 127. The van der Waals surface area contributed by atoms with Gasteiger partial charge in [0.25, 0.3) is 0 Å². The summed E-state index contributed by atoms with van der Waals surface area (Å²) >= 11 is 4.53. The van der Waals surface area contributed by atoms with Crippen molar-refractivity contribution in [1.29, 1.82) is 0 Å². The van der Waals surface area contributed by atoms with Gasteiger partial charge in [-0.25, -0.2) is 13.6 Å². The molecule has 4 nitrogen and oxygen atoms in total. The third-order valence-electron chi connectivity index (χ3n) is 6.81. The maximum absolute atomic E-state index is 14.1. The van der Waals surface area contributed by atoms with Crippen molar-refractivity contribution in [3.8, 4) is 0 Å². The van der Waals surface area contributed by atoms with E-state index in [-0.39, 0.29) is 24.3 Å². The molecule has 0 amide bonds. The summed E-state index contributed by atoms with van der Waals surface area (Å²) < 4.78 is 35.6. The SMILES string of the molecule is CCOC(=O)C1=C(Nc2ccc(F)cc2)CC(c2ccc(I)cc2)N(c2ccc(F)cc2)C1c1ccc(I)cc1. The minimum Gasteiger partial charge on any atom is -0.463 e. The average Bonchev–Trinajstić information content (AvgIpc) is 2.95. The van der Waals surface area contributed by atoms with Crippen LogP contribution in [0.4, 0.5) is 20.2 Å². The first-order valence-electron chi connectivity index (χ1n) is 12.8. The number of carbonyl (C=O) groups is 1. The first-order chi connectivity index (χ1) is 19.3. The molecule has 0 aromatic heterocycles. The second-order valence-corrected chi connectivity index (χ2v) is 11.8. The van der Waals surface area contributed by atoms with Crippen LogP contribution in [-0.4, -0.2) is 12.6 Å². The predicted octanol–water partition coefficient (Wildman–Crippen LogP) is 8.80. The Balaban J connectivity index is 1.77. The van der Waals surface area contributed by atoms with Crippen molar-refractivity contribution in [3.63, 3.8) is 0 Å². The Kier molecular flexibility index (Phi) is 9.04. The van der Waals surface area contributed by atoms with Crippen molar-refractivity contribution in [1.82, 2.24) is 0 Å². The molecule has 0 aliphatic carbocycles. The number of hydrogen-bond donors (Lipinski definition) is 1. The van der Waals surface area contributed by atoms with Crippen molar-refractivity contribution in [3.05, 3.63) is 138 Å². The summed E-state index contributed by atoms with van der Waals surface area (Å²) in [5, 5.41) is 3.42. The van der Waals surface area contributed by atoms with E-state index in [0.29, 0.717) is 23.4 Å². The van der Waals surface area contributed by atoms with Crippen LogP contribution in [0.15, 0.2) is 108 Å². The fourth-order valence-electron chi connectivity index (χ4n) is 5.03. The van der Waals surface area contributed by atoms with Gasteiger partial charge in [-0.15, -0.1) is 0 Å². The van der Waals surface area contributed by atoms with Crippen LogP contribution in [0.5, 0.6) is 0 Å². The Morgan fingerprint density at radius 2 is 1.35 bits per heavy atom. The lowest BCUT2D eigenvalue weighted by molar-refractivity contribution is -0.139. The van der Waals surface area contributed by atoms with Gasteiger partial charge in [0, 0.05) is 30.6 Å². The second-order valence-electron chi connectivity index (χ2n) is 9.35. The summed E-state index contributed by atoms with van der Waals surface area (Å²) in [6.07, 6.45) is 0.435. The normalized spacial score (nSPS) is 17.1. The van der Waals surface area contributed by atoms with Gasteiger partial charge in [-0.1, -0.05) is 24.3 Å². The van der Waals surface area contributed by atoms with E-state index >= 15 is 0 Å². The molecule has 0 spiro atoms. The molecule has 0 radical (unpaired) electrons. The van der Waals surface area contributed by atoms with Crippen LogP contribution >= 0.6 is 45.2 Å². The van der Waals surface area contributed by atoms with Gasteiger partial charge in [-0.3, -0.25) is 0 Å². The molecular formula is C32H26F2I2N2O2. The van der Waals surface area contributed by atoms with Gasteiger partial charge in [0.1, 0.15) is 11.6 Å². The number of anilines is 2. The summed E-state index contributed by atoms with van der Waals surface area (Å²) in [6.45, 7) is 1.99. The van der Waals surface area contributed by atoms with Gasteiger partial charge in [0.2, 0.25) is 0 Å². The highest BCUT2D eigenvalue weighted by molar-refractivity contribution is 14.1. The third kappa shape index (κ3) is 6.33. The molecule has 0 saturated carbocycles. The van der Waals surface area contributed by atoms with E-state index in [0.717, 1.165) is 24.0 Å². The summed E-state index contributed by atoms with van der Waals surface area (Å²) in [5.74, 6) is -1.12. The third-order valence-corrected chi connectivity index (χ3v) is 8.25. The Labute approximate surface area is 259 Å². The lowest BCUT2D eigenvalue weighted by atomic mass is 9.84. The van der Waals surface area contributed by atoms with Gasteiger partial charge in [-0.2, -0.15) is 0 Å². The summed E-state index contributed by atoms with van der Waals surface area (Å²) in [7, 11) is 0. The van der Waals surface area contributed by atoms with Gasteiger partial charge in [0.05, 0.1) is 24.3 Å². The standard InChI is InChI=1S/C32H26F2I2N2O2/c1-2-40-32(39)30-28(37-26-15-7-22(33)8-16-26)19-29(20-3-11-24(35)12-4-20)38(27-17-9-23(34)10-18-27)31(30)21-5-13-25(36)14-6-21/h3-18,29,31,37H,2,19H2,1H3. The van der Waals surface area contributed by atoms with Crippen molar-refractivity contribution in [2.75, 3.05) is 16.8 Å². The van der Waals surface area contributed by atoms with E-state index < -0.39 is 12.0 Å². The molecule has 4 aromatic carbocycles. The lowest BCUT2D eigenvalue weighted by Gasteiger charge is -2.46. The van der Waals surface area contributed by atoms with E-state index in [9.17, 15) is 13.6 Å². The molecule has 40 heavy (non-hydrogen) atoms. The van der Waals surface area contributed by atoms with Gasteiger partial charge < -0.3 is 15.0 Å². The molecule has 1 N–H and O–H groups in total. The number of halogens is 4. The number of ether oxygens (including phenoxy) is 1. The van der Waals surface area contributed by atoms with Crippen LogP contribution in [0.3, 0.4) is 0 Å². The van der Waals surface area contributed by atoms with Crippen molar-refractivity contribution >= 4 is 62.5 Å². The minimum atomic E-state index is -0.553. The largest absolute Gasteiger partial charge is 0.463 e. The molecule has 204 valence electrons. The van der Waals surface area contributed by atoms with E-state index in [4.69, 9.17) is 4.74 Å². The number of nitrogens with zero attached hydrogens (tertiary/aromatic N) is 1. The molecule has 1 aliphatic heterocycles. The molecule has 8 heteroatoms.